The number of aryl methyl sites for hydroxylation is 1. The molecule has 30 heavy (non-hydrogen) atoms. The Balaban J connectivity index is 1.86. The van der Waals surface area contributed by atoms with Gasteiger partial charge < -0.3 is 14.6 Å². The lowest BCUT2D eigenvalue weighted by Gasteiger charge is -2.10. The number of nitrogens with zero attached hydrogens (tertiary/aromatic N) is 2. The Hall–Kier alpha value is -3.49. The number of carbonyl (C=O) groups is 1. The Morgan fingerprint density at radius 1 is 1.20 bits per heavy atom. The molecular formula is C24H22ClN3O2. The van der Waals surface area contributed by atoms with Crippen LogP contribution in [0.5, 0.6) is 5.75 Å². The summed E-state index contributed by atoms with van der Waals surface area (Å²) in [5, 5.41) is 12.9. The minimum atomic E-state index is -0.464. The number of aromatic nitrogens is 1. The van der Waals surface area contributed by atoms with Gasteiger partial charge in [0.2, 0.25) is 0 Å². The monoisotopic (exact) mass is 419 g/mol. The maximum absolute atomic E-state index is 12.6. The van der Waals surface area contributed by atoms with Crippen molar-refractivity contribution in [3.05, 3.63) is 82.1 Å². The third kappa shape index (κ3) is 4.73. The molecule has 6 heteroatoms. The second-order valence-corrected chi connectivity index (χ2v) is 7.16. The summed E-state index contributed by atoms with van der Waals surface area (Å²) in [6.45, 7) is 6.39. The standard InChI is InChI=1S/C24H22ClN3O2/c1-4-30-23-10-8-21(9-11-23)27-24(29)19(15-26)13-18-12-16(2)28(17(18)3)22-7-5-6-20(25)14-22/h5-14H,4H2,1-3H3,(H,27,29). The molecule has 0 radical (unpaired) electrons. The number of hydrogen-bond acceptors (Lipinski definition) is 3. The summed E-state index contributed by atoms with van der Waals surface area (Å²) in [6.07, 6.45) is 1.60. The van der Waals surface area contributed by atoms with Gasteiger partial charge in [-0.05, 0) is 80.9 Å². The fourth-order valence-electron chi connectivity index (χ4n) is 3.25. The summed E-state index contributed by atoms with van der Waals surface area (Å²) in [7, 11) is 0. The van der Waals surface area contributed by atoms with Crippen molar-refractivity contribution in [2.45, 2.75) is 20.8 Å². The topological polar surface area (TPSA) is 67.0 Å². The number of carbonyl (C=O) groups excluding carboxylic acids is 1. The van der Waals surface area contributed by atoms with Crippen LogP contribution in [0.4, 0.5) is 5.69 Å². The third-order valence-electron chi connectivity index (χ3n) is 4.62. The molecule has 0 aliphatic carbocycles. The maximum Gasteiger partial charge on any atom is 0.266 e. The van der Waals surface area contributed by atoms with E-state index in [2.05, 4.69) is 5.32 Å². The molecule has 0 aliphatic rings. The van der Waals surface area contributed by atoms with Gasteiger partial charge in [-0.2, -0.15) is 5.26 Å². The molecule has 1 aromatic heterocycles. The number of nitriles is 1. The molecule has 2 aromatic carbocycles. The second kappa shape index (κ2) is 9.34. The van der Waals surface area contributed by atoms with Crippen molar-refractivity contribution in [1.82, 2.24) is 4.57 Å². The van der Waals surface area contributed by atoms with Crippen molar-refractivity contribution in [3.8, 4) is 17.5 Å². The minimum absolute atomic E-state index is 0.0234. The Kier molecular flexibility index (Phi) is 6.61. The van der Waals surface area contributed by atoms with Crippen molar-refractivity contribution < 1.29 is 9.53 Å². The lowest BCUT2D eigenvalue weighted by molar-refractivity contribution is -0.112. The van der Waals surface area contributed by atoms with E-state index in [1.807, 2.05) is 61.7 Å². The van der Waals surface area contributed by atoms with Crippen LogP contribution in [0.1, 0.15) is 23.9 Å². The molecule has 0 saturated heterocycles. The number of ether oxygens (including phenoxy) is 1. The lowest BCUT2D eigenvalue weighted by atomic mass is 10.1. The molecule has 1 N–H and O–H groups in total. The molecule has 1 heterocycles. The summed E-state index contributed by atoms with van der Waals surface area (Å²) in [6, 6.07) is 18.5. The van der Waals surface area contributed by atoms with Crippen molar-refractivity contribution in [3.63, 3.8) is 0 Å². The van der Waals surface area contributed by atoms with Crippen molar-refractivity contribution in [2.24, 2.45) is 0 Å². The fraction of sp³-hybridized carbons (Fsp3) is 0.167. The van der Waals surface area contributed by atoms with Gasteiger partial charge in [0.25, 0.3) is 5.91 Å². The summed E-state index contributed by atoms with van der Waals surface area (Å²) in [5.41, 5.74) is 4.23. The summed E-state index contributed by atoms with van der Waals surface area (Å²) in [4.78, 5) is 12.6. The highest BCUT2D eigenvalue weighted by atomic mass is 35.5. The number of amides is 1. The van der Waals surface area contributed by atoms with E-state index in [1.165, 1.54) is 0 Å². The molecule has 0 fully saturated rings. The van der Waals surface area contributed by atoms with Gasteiger partial charge in [-0.3, -0.25) is 4.79 Å². The molecule has 0 atom stereocenters. The van der Waals surface area contributed by atoms with Crippen LogP contribution in [0.15, 0.2) is 60.2 Å². The van der Waals surface area contributed by atoms with Gasteiger partial charge in [-0.1, -0.05) is 17.7 Å². The van der Waals surface area contributed by atoms with Crippen LogP contribution in [0, 0.1) is 25.2 Å². The predicted octanol–water partition coefficient (Wildman–Crippen LogP) is 5.69. The molecule has 0 unspecified atom stereocenters. The molecule has 3 aromatic rings. The van der Waals surface area contributed by atoms with E-state index >= 15 is 0 Å². The SMILES string of the molecule is CCOc1ccc(NC(=O)C(C#N)=Cc2cc(C)n(-c3cccc(Cl)c3)c2C)cc1. The van der Waals surface area contributed by atoms with E-state index in [4.69, 9.17) is 16.3 Å². The fourth-order valence-corrected chi connectivity index (χ4v) is 3.43. The normalized spacial score (nSPS) is 11.1. The smallest absolute Gasteiger partial charge is 0.266 e. The molecule has 3 rings (SSSR count). The average molecular weight is 420 g/mol. The lowest BCUT2D eigenvalue weighted by Crippen LogP contribution is -2.13. The summed E-state index contributed by atoms with van der Waals surface area (Å²) >= 11 is 6.13. The quantitative estimate of drug-likeness (QED) is 0.412. The van der Waals surface area contributed by atoms with E-state index in [1.54, 1.807) is 30.3 Å². The van der Waals surface area contributed by atoms with Gasteiger partial charge in [0.15, 0.2) is 0 Å². The number of benzene rings is 2. The zero-order valence-corrected chi connectivity index (χ0v) is 17.8. The van der Waals surface area contributed by atoms with E-state index in [0.717, 1.165) is 28.4 Å². The van der Waals surface area contributed by atoms with Gasteiger partial charge in [-0.15, -0.1) is 0 Å². The van der Waals surface area contributed by atoms with Crippen molar-refractivity contribution in [1.29, 1.82) is 5.26 Å². The van der Waals surface area contributed by atoms with E-state index in [0.29, 0.717) is 17.3 Å². The molecule has 5 nitrogen and oxygen atoms in total. The first-order valence-electron chi connectivity index (χ1n) is 9.53. The average Bonchev–Trinajstić information content (AvgIpc) is 3.00. The van der Waals surface area contributed by atoms with Crippen LogP contribution in [0.2, 0.25) is 5.02 Å². The molecule has 0 bridgehead atoms. The summed E-state index contributed by atoms with van der Waals surface area (Å²) < 4.78 is 7.44. The second-order valence-electron chi connectivity index (χ2n) is 6.72. The molecule has 152 valence electrons. The van der Waals surface area contributed by atoms with E-state index < -0.39 is 5.91 Å². The Labute approximate surface area is 181 Å². The largest absolute Gasteiger partial charge is 0.494 e. The first kappa shape index (κ1) is 21.2. The van der Waals surface area contributed by atoms with Crippen molar-refractivity contribution >= 4 is 29.3 Å². The van der Waals surface area contributed by atoms with Crippen LogP contribution in [-0.4, -0.2) is 17.1 Å². The summed E-state index contributed by atoms with van der Waals surface area (Å²) in [5.74, 6) is 0.259. The highest BCUT2D eigenvalue weighted by Gasteiger charge is 2.14. The van der Waals surface area contributed by atoms with E-state index in [9.17, 15) is 10.1 Å². The van der Waals surface area contributed by atoms with Crippen molar-refractivity contribution in [2.75, 3.05) is 11.9 Å². The van der Waals surface area contributed by atoms with Gasteiger partial charge in [0, 0.05) is 27.8 Å². The van der Waals surface area contributed by atoms with Crippen LogP contribution in [0.3, 0.4) is 0 Å². The van der Waals surface area contributed by atoms with Crippen LogP contribution in [-0.2, 0) is 4.79 Å². The van der Waals surface area contributed by atoms with Gasteiger partial charge in [0.05, 0.1) is 6.61 Å². The first-order valence-corrected chi connectivity index (χ1v) is 9.91. The predicted molar refractivity (Wildman–Crippen MR) is 120 cm³/mol. The first-order chi connectivity index (χ1) is 14.4. The minimum Gasteiger partial charge on any atom is -0.494 e. The maximum atomic E-state index is 12.6. The number of anilines is 1. The number of halogens is 1. The van der Waals surface area contributed by atoms with Crippen LogP contribution < -0.4 is 10.1 Å². The van der Waals surface area contributed by atoms with Crippen LogP contribution in [0.25, 0.3) is 11.8 Å². The molecule has 0 aliphatic heterocycles. The molecular weight excluding hydrogens is 398 g/mol. The Bertz CT molecular complexity index is 1140. The van der Waals surface area contributed by atoms with Gasteiger partial charge >= 0.3 is 0 Å². The zero-order valence-electron chi connectivity index (χ0n) is 17.1. The molecule has 0 saturated carbocycles. The highest BCUT2D eigenvalue weighted by molar-refractivity contribution is 6.30. The number of rotatable bonds is 6. The third-order valence-corrected chi connectivity index (χ3v) is 4.86. The zero-order chi connectivity index (χ0) is 21.7. The molecule has 1 amide bonds. The van der Waals surface area contributed by atoms with Gasteiger partial charge in [-0.25, -0.2) is 0 Å². The van der Waals surface area contributed by atoms with Gasteiger partial charge in [0.1, 0.15) is 17.4 Å². The number of hydrogen-bond donors (Lipinski definition) is 1. The number of nitrogens with one attached hydrogen (secondary N) is 1. The Morgan fingerprint density at radius 2 is 1.93 bits per heavy atom. The van der Waals surface area contributed by atoms with Crippen LogP contribution >= 0.6 is 11.6 Å². The highest BCUT2D eigenvalue weighted by Crippen LogP contribution is 2.25. The Morgan fingerprint density at radius 3 is 2.57 bits per heavy atom. The molecule has 0 spiro atoms. The van der Waals surface area contributed by atoms with E-state index in [-0.39, 0.29) is 5.57 Å².